The predicted molar refractivity (Wildman–Crippen MR) is 74.3 cm³/mol. The fourth-order valence-corrected chi connectivity index (χ4v) is 2.97. The molecule has 3 rings (SSSR count). The first-order valence-corrected chi connectivity index (χ1v) is 7.02. The van der Waals surface area contributed by atoms with E-state index < -0.39 is 0 Å². The second kappa shape index (κ2) is 5.71. The molecule has 3 N–H and O–H groups in total. The van der Waals surface area contributed by atoms with Crippen LogP contribution in [0, 0.1) is 5.92 Å². The smallest absolute Gasteiger partial charge is 0.150 e. The Balaban J connectivity index is 1.63. The zero-order chi connectivity index (χ0) is 13.1. The summed E-state index contributed by atoms with van der Waals surface area (Å²) in [6, 6.07) is 2.68. The van der Waals surface area contributed by atoms with Gasteiger partial charge in [0.2, 0.25) is 0 Å². The van der Waals surface area contributed by atoms with Crippen LogP contribution in [0.5, 0.6) is 0 Å². The fourth-order valence-electron chi connectivity index (χ4n) is 2.97. The quantitative estimate of drug-likeness (QED) is 0.653. The van der Waals surface area contributed by atoms with Gasteiger partial charge < -0.3 is 20.6 Å². The van der Waals surface area contributed by atoms with Crippen LogP contribution in [0.2, 0.25) is 0 Å². The number of nitrogens with zero attached hydrogens (tertiary/aromatic N) is 3. The number of aliphatic hydroxyl groups excluding tert-OH is 1. The molecule has 19 heavy (non-hydrogen) atoms. The first-order chi connectivity index (χ1) is 9.36. The zero-order valence-electron chi connectivity index (χ0n) is 11.0. The van der Waals surface area contributed by atoms with Crippen molar-refractivity contribution in [1.29, 1.82) is 0 Å². The topological polar surface area (TPSA) is 73.3 Å². The summed E-state index contributed by atoms with van der Waals surface area (Å²) in [5.74, 6) is 1.56. The lowest BCUT2D eigenvalue weighted by atomic mass is 10.1. The van der Waals surface area contributed by atoms with Crippen LogP contribution in [0.25, 0.3) is 0 Å². The van der Waals surface area contributed by atoms with E-state index in [1.807, 2.05) is 12.3 Å². The van der Waals surface area contributed by atoms with Crippen molar-refractivity contribution in [3.05, 3.63) is 12.3 Å². The molecule has 2 fully saturated rings. The number of fused-ring (bicyclic) bond motifs is 1. The van der Waals surface area contributed by atoms with Crippen LogP contribution in [-0.2, 0) is 0 Å². The van der Waals surface area contributed by atoms with Gasteiger partial charge in [-0.25, -0.2) is 0 Å². The maximum absolute atomic E-state index is 8.77. The minimum absolute atomic E-state index is 0.196. The fraction of sp³-hybridized carbons (Fsp3) is 0.692. The Morgan fingerprint density at radius 2 is 2.42 bits per heavy atom. The molecule has 1 aromatic heterocycles. The molecular weight excluding hydrogens is 242 g/mol. The predicted octanol–water partition coefficient (Wildman–Crippen LogP) is 0.0690. The van der Waals surface area contributed by atoms with Crippen molar-refractivity contribution in [2.24, 2.45) is 5.92 Å². The lowest BCUT2D eigenvalue weighted by Gasteiger charge is -2.19. The minimum atomic E-state index is 0.196. The second-order valence-corrected chi connectivity index (χ2v) is 5.32. The molecule has 0 saturated carbocycles. The lowest BCUT2D eigenvalue weighted by molar-refractivity contribution is 0.292. The highest BCUT2D eigenvalue weighted by Crippen LogP contribution is 2.29. The van der Waals surface area contributed by atoms with Crippen molar-refractivity contribution in [3.63, 3.8) is 0 Å². The van der Waals surface area contributed by atoms with Crippen LogP contribution < -0.4 is 15.5 Å². The number of nitrogens with one attached hydrogen (secondary N) is 2. The number of aromatic nitrogens is 2. The molecule has 2 unspecified atom stereocenters. The Morgan fingerprint density at radius 1 is 1.47 bits per heavy atom. The van der Waals surface area contributed by atoms with Gasteiger partial charge in [0.15, 0.2) is 5.82 Å². The molecular formula is C13H21N5O. The molecule has 0 spiro atoms. The van der Waals surface area contributed by atoms with Crippen LogP contribution in [-0.4, -0.2) is 54.1 Å². The summed E-state index contributed by atoms with van der Waals surface area (Å²) in [6.45, 7) is 4.25. The van der Waals surface area contributed by atoms with Gasteiger partial charge in [-0.3, -0.25) is 0 Å². The zero-order valence-corrected chi connectivity index (χ0v) is 11.0. The van der Waals surface area contributed by atoms with E-state index in [2.05, 4.69) is 25.7 Å². The van der Waals surface area contributed by atoms with Crippen LogP contribution >= 0.6 is 0 Å². The molecule has 1 aromatic rings. The van der Waals surface area contributed by atoms with Crippen LogP contribution in [0.15, 0.2) is 12.3 Å². The highest BCUT2D eigenvalue weighted by Gasteiger charge is 2.36. The lowest BCUT2D eigenvalue weighted by Crippen LogP contribution is -2.30. The Hall–Kier alpha value is -1.40. The van der Waals surface area contributed by atoms with Crippen LogP contribution in [0.4, 0.5) is 11.5 Å². The summed E-state index contributed by atoms with van der Waals surface area (Å²) in [5.41, 5.74) is 1.14. The molecule has 0 aliphatic carbocycles. The summed E-state index contributed by atoms with van der Waals surface area (Å²) in [4.78, 5) is 2.38. The average molecular weight is 263 g/mol. The Labute approximate surface area is 113 Å². The Bertz CT molecular complexity index is 415. The van der Waals surface area contributed by atoms with Crippen LogP contribution in [0.3, 0.4) is 0 Å². The molecule has 0 radical (unpaired) electrons. The third kappa shape index (κ3) is 2.79. The minimum Gasteiger partial charge on any atom is -0.396 e. The van der Waals surface area contributed by atoms with Gasteiger partial charge in [0, 0.05) is 38.3 Å². The van der Waals surface area contributed by atoms with E-state index in [0.29, 0.717) is 6.04 Å². The van der Waals surface area contributed by atoms with Crippen LogP contribution in [0.1, 0.15) is 12.8 Å². The summed E-state index contributed by atoms with van der Waals surface area (Å²) in [5, 5.41) is 23.6. The number of aliphatic hydroxyl groups is 1. The van der Waals surface area contributed by atoms with Crippen molar-refractivity contribution in [2.45, 2.75) is 18.9 Å². The number of hydrogen-bond acceptors (Lipinski definition) is 6. The van der Waals surface area contributed by atoms with Gasteiger partial charge in [-0.05, 0) is 25.3 Å². The molecule has 0 bridgehead atoms. The largest absolute Gasteiger partial charge is 0.396 e. The van der Waals surface area contributed by atoms with E-state index in [1.54, 1.807) is 0 Å². The third-order valence-corrected chi connectivity index (χ3v) is 4.01. The van der Waals surface area contributed by atoms with Crippen molar-refractivity contribution in [3.8, 4) is 0 Å². The van der Waals surface area contributed by atoms with E-state index in [1.165, 1.54) is 6.42 Å². The Kier molecular flexibility index (Phi) is 3.79. The molecule has 2 aliphatic rings. The number of anilines is 2. The van der Waals surface area contributed by atoms with Gasteiger partial charge >= 0.3 is 0 Å². The molecule has 0 aromatic carbocycles. The maximum Gasteiger partial charge on any atom is 0.150 e. The standard InChI is InChI=1S/C13H21N5O/c19-5-1-3-15-13-6-11(7-16-17-13)18-8-10-2-4-14-12(10)9-18/h6-7,10,12,14,19H,1-5,8-9H2,(H,15,17). The van der Waals surface area contributed by atoms with Crippen molar-refractivity contribution in [1.82, 2.24) is 15.5 Å². The first-order valence-electron chi connectivity index (χ1n) is 7.02. The van der Waals surface area contributed by atoms with Gasteiger partial charge in [0.25, 0.3) is 0 Å². The van der Waals surface area contributed by atoms with Gasteiger partial charge in [0.1, 0.15) is 0 Å². The van der Waals surface area contributed by atoms with E-state index in [4.69, 9.17) is 5.11 Å². The summed E-state index contributed by atoms with van der Waals surface area (Å²) < 4.78 is 0. The summed E-state index contributed by atoms with van der Waals surface area (Å²) in [7, 11) is 0. The van der Waals surface area contributed by atoms with Crippen molar-refractivity contribution in [2.75, 3.05) is 43.0 Å². The normalized spacial score (nSPS) is 25.6. The third-order valence-electron chi connectivity index (χ3n) is 4.01. The molecule has 6 nitrogen and oxygen atoms in total. The Morgan fingerprint density at radius 3 is 3.26 bits per heavy atom. The second-order valence-electron chi connectivity index (χ2n) is 5.32. The SMILES string of the molecule is OCCCNc1cc(N2CC3CCNC3C2)cnn1. The molecule has 2 saturated heterocycles. The van der Waals surface area contributed by atoms with E-state index in [9.17, 15) is 0 Å². The first kappa shape index (κ1) is 12.6. The van der Waals surface area contributed by atoms with Crippen molar-refractivity contribution >= 4 is 11.5 Å². The van der Waals surface area contributed by atoms with Gasteiger partial charge in [-0.15, -0.1) is 5.10 Å². The van der Waals surface area contributed by atoms with Gasteiger partial charge in [0.05, 0.1) is 11.9 Å². The molecule has 2 atom stereocenters. The van der Waals surface area contributed by atoms with Gasteiger partial charge in [-0.1, -0.05) is 0 Å². The molecule has 2 aliphatic heterocycles. The summed E-state index contributed by atoms with van der Waals surface area (Å²) >= 11 is 0. The van der Waals surface area contributed by atoms with E-state index in [-0.39, 0.29) is 6.61 Å². The highest BCUT2D eigenvalue weighted by atomic mass is 16.3. The maximum atomic E-state index is 8.77. The number of hydrogen-bond donors (Lipinski definition) is 3. The average Bonchev–Trinajstić information content (AvgIpc) is 3.00. The molecule has 104 valence electrons. The van der Waals surface area contributed by atoms with E-state index in [0.717, 1.165) is 50.0 Å². The molecule has 6 heteroatoms. The molecule has 3 heterocycles. The summed E-state index contributed by atoms with van der Waals surface area (Å²) in [6.07, 6.45) is 3.84. The van der Waals surface area contributed by atoms with E-state index >= 15 is 0 Å². The molecule has 0 amide bonds. The number of rotatable bonds is 5. The highest BCUT2D eigenvalue weighted by molar-refractivity contribution is 5.53. The van der Waals surface area contributed by atoms with Gasteiger partial charge in [-0.2, -0.15) is 5.10 Å². The monoisotopic (exact) mass is 263 g/mol. The van der Waals surface area contributed by atoms with Crippen molar-refractivity contribution < 1.29 is 5.11 Å².